The summed E-state index contributed by atoms with van der Waals surface area (Å²) in [6.07, 6.45) is 0. The van der Waals surface area contributed by atoms with Crippen LogP contribution in [0.5, 0.6) is 0 Å². The summed E-state index contributed by atoms with van der Waals surface area (Å²) in [6, 6.07) is 8.89. The number of halogens is 1. The van der Waals surface area contributed by atoms with E-state index >= 15 is 0 Å². The van der Waals surface area contributed by atoms with Crippen molar-refractivity contribution in [3.8, 4) is 0 Å². The third-order valence-electron chi connectivity index (χ3n) is 2.61. The fourth-order valence-corrected chi connectivity index (χ4v) is 3.55. The van der Waals surface area contributed by atoms with E-state index in [9.17, 15) is 8.42 Å². The van der Waals surface area contributed by atoms with Crippen molar-refractivity contribution in [3.63, 3.8) is 0 Å². The van der Waals surface area contributed by atoms with E-state index in [-0.39, 0.29) is 10.9 Å². The van der Waals surface area contributed by atoms with Crippen LogP contribution in [-0.4, -0.2) is 8.42 Å². The van der Waals surface area contributed by atoms with Gasteiger partial charge in [0.05, 0.1) is 10.9 Å². The molecule has 2 aromatic rings. The van der Waals surface area contributed by atoms with Gasteiger partial charge >= 0.3 is 0 Å². The lowest BCUT2D eigenvalue weighted by atomic mass is 10.2. The fourth-order valence-electron chi connectivity index (χ4n) is 1.63. The number of nitrogens with one attached hydrogen (secondary N) is 1. The van der Waals surface area contributed by atoms with E-state index in [1.54, 1.807) is 17.4 Å². The topological polar surface area (TPSA) is 72.2 Å². The molecule has 4 nitrogen and oxygen atoms in total. The number of primary sulfonamides is 1. The lowest BCUT2D eigenvalue weighted by Crippen LogP contribution is -2.12. The molecule has 0 aliphatic rings. The molecule has 7 heteroatoms. The smallest absolute Gasteiger partial charge is 0.238 e. The maximum atomic E-state index is 11.2. The van der Waals surface area contributed by atoms with Crippen molar-refractivity contribution in [2.24, 2.45) is 5.14 Å². The molecular weight excluding hydrogens is 348 g/mol. The summed E-state index contributed by atoms with van der Waals surface area (Å²) in [5.74, 6) is 0. The zero-order chi connectivity index (χ0) is 14.0. The first-order valence-corrected chi connectivity index (χ1v) is 8.72. The predicted octanol–water partition coefficient (Wildman–Crippen LogP) is 3.33. The quantitative estimate of drug-likeness (QED) is 0.877. The first-order valence-electron chi connectivity index (χ1n) is 5.50. The molecule has 0 amide bonds. The molecule has 1 aromatic carbocycles. The van der Waals surface area contributed by atoms with Gasteiger partial charge in [-0.25, -0.2) is 13.6 Å². The van der Waals surface area contributed by atoms with Crippen molar-refractivity contribution in [2.45, 2.75) is 17.9 Å². The van der Waals surface area contributed by atoms with Crippen molar-refractivity contribution in [2.75, 3.05) is 5.32 Å². The molecule has 0 aliphatic heterocycles. The molecule has 0 spiro atoms. The molecule has 102 valence electrons. The predicted molar refractivity (Wildman–Crippen MR) is 81.9 cm³/mol. The summed E-state index contributed by atoms with van der Waals surface area (Å²) < 4.78 is 23.2. The molecule has 0 saturated carbocycles. The first-order chi connectivity index (χ1) is 8.88. The highest BCUT2D eigenvalue weighted by Gasteiger charge is 2.12. The summed E-state index contributed by atoms with van der Waals surface area (Å²) >= 11 is 5.02. The second kappa shape index (κ2) is 5.62. The highest BCUT2D eigenvalue weighted by Crippen LogP contribution is 2.29. The number of hydrogen-bond acceptors (Lipinski definition) is 4. The van der Waals surface area contributed by atoms with Crippen molar-refractivity contribution < 1.29 is 8.42 Å². The van der Waals surface area contributed by atoms with Crippen LogP contribution in [0.15, 0.2) is 45.1 Å². The van der Waals surface area contributed by atoms with Gasteiger partial charge in [-0.2, -0.15) is 0 Å². The van der Waals surface area contributed by atoms with Gasteiger partial charge in [0.15, 0.2) is 0 Å². The zero-order valence-electron chi connectivity index (χ0n) is 10.1. The lowest BCUT2D eigenvalue weighted by Gasteiger charge is -2.15. The molecule has 0 aliphatic carbocycles. The summed E-state index contributed by atoms with van der Waals surface area (Å²) in [5.41, 5.74) is 0.827. The van der Waals surface area contributed by atoms with Gasteiger partial charge < -0.3 is 5.32 Å². The molecule has 0 saturated heterocycles. The Morgan fingerprint density at radius 3 is 2.63 bits per heavy atom. The third-order valence-corrected chi connectivity index (χ3v) is 5.23. The van der Waals surface area contributed by atoms with Gasteiger partial charge in [0.2, 0.25) is 10.0 Å². The van der Waals surface area contributed by atoms with Crippen molar-refractivity contribution in [3.05, 3.63) is 45.1 Å². The lowest BCUT2D eigenvalue weighted by molar-refractivity contribution is 0.598. The number of rotatable bonds is 4. The van der Waals surface area contributed by atoms with Gasteiger partial charge in [-0.3, -0.25) is 0 Å². The number of anilines is 1. The molecule has 2 rings (SSSR count). The minimum atomic E-state index is -3.67. The highest BCUT2D eigenvalue weighted by molar-refractivity contribution is 9.10. The maximum Gasteiger partial charge on any atom is 0.238 e. The highest BCUT2D eigenvalue weighted by atomic mass is 79.9. The monoisotopic (exact) mass is 360 g/mol. The largest absolute Gasteiger partial charge is 0.377 e. The molecular formula is C12H13BrN2O2S2. The summed E-state index contributed by atoms with van der Waals surface area (Å²) in [4.78, 5) is 1.30. The van der Waals surface area contributed by atoms with Gasteiger partial charge in [0, 0.05) is 15.0 Å². The van der Waals surface area contributed by atoms with E-state index in [4.69, 9.17) is 5.14 Å². The Morgan fingerprint density at radius 2 is 2.11 bits per heavy atom. The standard InChI is InChI=1S/C12H13BrN2O2S2/c1-8(12-3-2-6-18-12)15-11-5-4-9(7-10(11)13)19(14,16)17/h2-8,15H,1H3,(H2,14,16,17). The van der Waals surface area contributed by atoms with E-state index in [0.717, 1.165) is 5.69 Å². The van der Waals surface area contributed by atoms with Gasteiger partial charge in [-0.05, 0) is 52.5 Å². The number of thiophene rings is 1. The van der Waals surface area contributed by atoms with E-state index in [1.807, 2.05) is 18.4 Å². The zero-order valence-corrected chi connectivity index (χ0v) is 13.3. The Bertz CT molecular complexity index is 669. The second-order valence-corrected chi connectivity index (χ2v) is 7.46. The van der Waals surface area contributed by atoms with Gasteiger partial charge in [-0.15, -0.1) is 11.3 Å². The number of benzene rings is 1. The third kappa shape index (κ3) is 3.56. The molecule has 19 heavy (non-hydrogen) atoms. The molecule has 1 unspecified atom stereocenters. The van der Waals surface area contributed by atoms with Gasteiger partial charge in [-0.1, -0.05) is 6.07 Å². The van der Waals surface area contributed by atoms with E-state index in [1.165, 1.54) is 17.0 Å². The first kappa shape index (κ1) is 14.5. The van der Waals surface area contributed by atoms with Crippen LogP contribution in [0.1, 0.15) is 17.8 Å². The number of sulfonamides is 1. The second-order valence-electron chi connectivity index (χ2n) is 4.07. The summed E-state index contributed by atoms with van der Waals surface area (Å²) in [7, 11) is -3.67. The van der Waals surface area contributed by atoms with Crippen molar-refractivity contribution in [1.82, 2.24) is 0 Å². The summed E-state index contributed by atoms with van der Waals surface area (Å²) in [5, 5.41) is 10.4. The van der Waals surface area contributed by atoms with Crippen LogP contribution in [0.3, 0.4) is 0 Å². The van der Waals surface area contributed by atoms with Gasteiger partial charge in [0.25, 0.3) is 0 Å². The summed E-state index contributed by atoms with van der Waals surface area (Å²) in [6.45, 7) is 2.05. The minimum Gasteiger partial charge on any atom is -0.377 e. The van der Waals surface area contributed by atoms with Crippen LogP contribution < -0.4 is 10.5 Å². The average molecular weight is 361 g/mol. The molecule has 1 atom stereocenters. The van der Waals surface area contributed by atoms with Crippen LogP contribution in [-0.2, 0) is 10.0 Å². The molecule has 0 radical (unpaired) electrons. The number of nitrogens with two attached hydrogens (primary N) is 1. The molecule has 0 fully saturated rings. The SMILES string of the molecule is CC(Nc1ccc(S(N)(=O)=O)cc1Br)c1cccs1. The van der Waals surface area contributed by atoms with Crippen LogP contribution in [0, 0.1) is 0 Å². The molecule has 0 bridgehead atoms. The van der Waals surface area contributed by atoms with E-state index in [0.29, 0.717) is 4.47 Å². The van der Waals surface area contributed by atoms with Crippen LogP contribution in [0.4, 0.5) is 5.69 Å². The molecule has 1 heterocycles. The van der Waals surface area contributed by atoms with Gasteiger partial charge in [0.1, 0.15) is 0 Å². The van der Waals surface area contributed by atoms with Crippen LogP contribution in [0.2, 0.25) is 0 Å². The van der Waals surface area contributed by atoms with Crippen LogP contribution >= 0.6 is 27.3 Å². The Kier molecular flexibility index (Phi) is 4.29. The molecule has 1 aromatic heterocycles. The maximum absolute atomic E-state index is 11.2. The Balaban J connectivity index is 2.23. The Labute approximate surface area is 124 Å². The number of hydrogen-bond donors (Lipinski definition) is 2. The normalized spacial score (nSPS) is 13.2. The van der Waals surface area contributed by atoms with Crippen molar-refractivity contribution in [1.29, 1.82) is 0 Å². The van der Waals surface area contributed by atoms with E-state index < -0.39 is 10.0 Å². The Hall–Kier alpha value is -0.890. The fraction of sp³-hybridized carbons (Fsp3) is 0.167. The average Bonchev–Trinajstić information content (AvgIpc) is 2.84. The van der Waals surface area contributed by atoms with Crippen LogP contribution in [0.25, 0.3) is 0 Å². The Morgan fingerprint density at radius 1 is 1.37 bits per heavy atom. The minimum absolute atomic E-state index is 0.0914. The van der Waals surface area contributed by atoms with Crippen molar-refractivity contribution >= 4 is 43.0 Å². The van der Waals surface area contributed by atoms with E-state index in [2.05, 4.69) is 27.3 Å². The molecule has 3 N–H and O–H groups in total.